The number of hydrogen-bond donors (Lipinski definition) is 3. The molecule has 1 saturated heterocycles. The summed E-state index contributed by atoms with van der Waals surface area (Å²) in [4.78, 5) is 8.29. The van der Waals surface area contributed by atoms with Crippen LogP contribution < -0.4 is 16.0 Å². The highest BCUT2D eigenvalue weighted by atomic mass is 19.4. The smallest absolute Gasteiger partial charge is 0.373 e. The van der Waals surface area contributed by atoms with Crippen molar-refractivity contribution in [3.63, 3.8) is 0 Å². The molecule has 1 atom stereocenters. The standard InChI is InChI=1S/C17H26F3N5O/c1-3-21-15(25-12-16(2)7-5-11-26-16)24-10-9-23-14-13(17(18,19)20)6-4-8-22-14/h4,6,8H,3,5,7,9-12H2,1-2H3,(H,22,23)(H2,21,24,25). The third-order valence-electron chi connectivity index (χ3n) is 4.04. The fourth-order valence-corrected chi connectivity index (χ4v) is 2.69. The molecule has 0 aliphatic carbocycles. The van der Waals surface area contributed by atoms with Crippen molar-refractivity contribution in [2.75, 3.05) is 38.1 Å². The molecule has 26 heavy (non-hydrogen) atoms. The number of alkyl halides is 3. The van der Waals surface area contributed by atoms with Crippen molar-refractivity contribution >= 4 is 11.8 Å². The molecule has 1 aromatic heterocycles. The Balaban J connectivity index is 1.85. The molecule has 0 spiro atoms. The first-order chi connectivity index (χ1) is 12.3. The lowest BCUT2D eigenvalue weighted by Crippen LogP contribution is -2.41. The van der Waals surface area contributed by atoms with Crippen LogP contribution in [-0.2, 0) is 10.9 Å². The van der Waals surface area contributed by atoms with E-state index in [4.69, 9.17) is 4.74 Å². The fourth-order valence-electron chi connectivity index (χ4n) is 2.69. The Labute approximate surface area is 151 Å². The second kappa shape index (κ2) is 9.07. The Kier molecular flexibility index (Phi) is 7.07. The van der Waals surface area contributed by atoms with Crippen molar-refractivity contribution in [1.82, 2.24) is 15.6 Å². The highest BCUT2D eigenvalue weighted by molar-refractivity contribution is 5.79. The molecule has 1 unspecified atom stereocenters. The number of aromatic nitrogens is 1. The lowest BCUT2D eigenvalue weighted by atomic mass is 10.0. The largest absolute Gasteiger partial charge is 0.419 e. The zero-order valence-corrected chi connectivity index (χ0v) is 15.1. The summed E-state index contributed by atoms with van der Waals surface area (Å²) in [7, 11) is 0. The molecule has 3 N–H and O–H groups in total. The van der Waals surface area contributed by atoms with Gasteiger partial charge in [-0.3, -0.25) is 4.99 Å². The summed E-state index contributed by atoms with van der Waals surface area (Å²) in [5.74, 6) is 0.443. The predicted molar refractivity (Wildman–Crippen MR) is 95.3 cm³/mol. The Morgan fingerprint density at radius 2 is 2.15 bits per heavy atom. The topological polar surface area (TPSA) is 70.6 Å². The van der Waals surface area contributed by atoms with E-state index in [0.717, 1.165) is 25.5 Å². The maximum absolute atomic E-state index is 12.9. The van der Waals surface area contributed by atoms with Crippen LogP contribution >= 0.6 is 0 Å². The van der Waals surface area contributed by atoms with Gasteiger partial charge in [0.2, 0.25) is 0 Å². The molecule has 6 nitrogen and oxygen atoms in total. The average molecular weight is 373 g/mol. The van der Waals surface area contributed by atoms with Crippen molar-refractivity contribution in [1.29, 1.82) is 0 Å². The summed E-state index contributed by atoms with van der Waals surface area (Å²) in [6.45, 7) is 6.64. The van der Waals surface area contributed by atoms with E-state index in [9.17, 15) is 13.2 Å². The SMILES string of the molecule is CCNC(=NCC1(C)CCCO1)NCCNc1ncccc1C(F)(F)F. The minimum Gasteiger partial charge on any atom is -0.373 e. The van der Waals surface area contributed by atoms with Gasteiger partial charge in [-0.1, -0.05) is 0 Å². The number of pyridine rings is 1. The van der Waals surface area contributed by atoms with Crippen LogP contribution in [0.15, 0.2) is 23.3 Å². The van der Waals surface area contributed by atoms with E-state index in [0.29, 0.717) is 25.6 Å². The zero-order chi connectivity index (χ0) is 19.0. The van der Waals surface area contributed by atoms with Gasteiger partial charge in [-0.05, 0) is 38.8 Å². The first-order valence-electron chi connectivity index (χ1n) is 8.76. The van der Waals surface area contributed by atoms with Crippen LogP contribution in [0.1, 0.15) is 32.3 Å². The first kappa shape index (κ1) is 20.3. The van der Waals surface area contributed by atoms with E-state index in [2.05, 4.69) is 25.9 Å². The van der Waals surface area contributed by atoms with Gasteiger partial charge < -0.3 is 20.7 Å². The molecule has 0 radical (unpaired) electrons. The molecule has 2 rings (SSSR count). The van der Waals surface area contributed by atoms with E-state index < -0.39 is 11.7 Å². The second-order valence-electron chi connectivity index (χ2n) is 6.35. The molecular formula is C17H26F3N5O. The molecule has 0 saturated carbocycles. The summed E-state index contributed by atoms with van der Waals surface area (Å²) in [6, 6.07) is 2.28. The van der Waals surface area contributed by atoms with Crippen LogP contribution in [0.25, 0.3) is 0 Å². The molecule has 0 amide bonds. The summed E-state index contributed by atoms with van der Waals surface area (Å²) >= 11 is 0. The fraction of sp³-hybridized carbons (Fsp3) is 0.647. The van der Waals surface area contributed by atoms with Crippen molar-refractivity contribution in [2.24, 2.45) is 4.99 Å². The molecular weight excluding hydrogens is 347 g/mol. The molecule has 1 fully saturated rings. The number of nitrogens with zero attached hydrogens (tertiary/aromatic N) is 2. The average Bonchev–Trinajstić information content (AvgIpc) is 3.03. The third-order valence-corrected chi connectivity index (χ3v) is 4.04. The normalized spacial score (nSPS) is 20.9. The van der Waals surface area contributed by atoms with Gasteiger partial charge in [-0.2, -0.15) is 13.2 Å². The van der Waals surface area contributed by atoms with Crippen LogP contribution in [-0.4, -0.2) is 49.3 Å². The van der Waals surface area contributed by atoms with Gasteiger partial charge >= 0.3 is 6.18 Å². The number of anilines is 1. The van der Waals surface area contributed by atoms with Gasteiger partial charge in [0, 0.05) is 32.4 Å². The van der Waals surface area contributed by atoms with Crippen molar-refractivity contribution < 1.29 is 17.9 Å². The molecule has 0 aromatic carbocycles. The minimum absolute atomic E-state index is 0.171. The monoisotopic (exact) mass is 373 g/mol. The number of aliphatic imine (C=N–C) groups is 1. The summed E-state index contributed by atoms with van der Waals surface area (Å²) in [5.41, 5.74) is -1.01. The number of halogens is 3. The van der Waals surface area contributed by atoms with Crippen molar-refractivity contribution in [3.8, 4) is 0 Å². The molecule has 0 bridgehead atoms. The Morgan fingerprint density at radius 1 is 1.35 bits per heavy atom. The quantitative estimate of drug-likeness (QED) is 0.389. The number of hydrogen-bond acceptors (Lipinski definition) is 4. The molecule has 2 heterocycles. The molecule has 9 heteroatoms. The Bertz CT molecular complexity index is 600. The van der Waals surface area contributed by atoms with Crippen molar-refractivity contribution in [2.45, 2.75) is 38.5 Å². The van der Waals surface area contributed by atoms with Gasteiger partial charge in [0.1, 0.15) is 5.82 Å². The number of rotatable bonds is 7. The summed E-state index contributed by atoms with van der Waals surface area (Å²) in [5, 5.41) is 8.94. The van der Waals surface area contributed by atoms with Gasteiger partial charge in [0.25, 0.3) is 0 Å². The van der Waals surface area contributed by atoms with E-state index in [1.165, 1.54) is 12.3 Å². The van der Waals surface area contributed by atoms with Crippen LogP contribution in [0.3, 0.4) is 0 Å². The second-order valence-corrected chi connectivity index (χ2v) is 6.35. The van der Waals surface area contributed by atoms with Crippen LogP contribution in [0.5, 0.6) is 0 Å². The number of guanidine groups is 1. The van der Waals surface area contributed by atoms with E-state index in [1.54, 1.807) is 0 Å². The Morgan fingerprint density at radius 3 is 2.81 bits per heavy atom. The lowest BCUT2D eigenvalue weighted by molar-refractivity contribution is -0.137. The highest BCUT2D eigenvalue weighted by Gasteiger charge is 2.34. The zero-order valence-electron chi connectivity index (χ0n) is 15.1. The summed E-state index contributed by atoms with van der Waals surface area (Å²) in [6.07, 6.45) is -1.10. The highest BCUT2D eigenvalue weighted by Crippen LogP contribution is 2.33. The Hall–Kier alpha value is -2.03. The molecule has 146 valence electrons. The maximum atomic E-state index is 12.9. The van der Waals surface area contributed by atoms with Gasteiger partial charge in [-0.25, -0.2) is 4.98 Å². The molecule has 1 aromatic rings. The third kappa shape index (κ3) is 6.05. The first-order valence-corrected chi connectivity index (χ1v) is 8.76. The van der Waals surface area contributed by atoms with Crippen LogP contribution in [0.4, 0.5) is 19.0 Å². The lowest BCUT2D eigenvalue weighted by Gasteiger charge is -2.21. The van der Waals surface area contributed by atoms with E-state index in [-0.39, 0.29) is 18.0 Å². The predicted octanol–water partition coefficient (Wildman–Crippen LogP) is 2.64. The number of ether oxygens (including phenoxy) is 1. The van der Waals surface area contributed by atoms with Crippen molar-refractivity contribution in [3.05, 3.63) is 23.9 Å². The maximum Gasteiger partial charge on any atom is 0.419 e. The minimum atomic E-state index is -4.43. The van der Waals surface area contributed by atoms with Gasteiger partial charge in [-0.15, -0.1) is 0 Å². The number of nitrogens with one attached hydrogen (secondary N) is 3. The van der Waals surface area contributed by atoms with Gasteiger partial charge in [0.15, 0.2) is 5.96 Å². The van der Waals surface area contributed by atoms with E-state index in [1.807, 2.05) is 13.8 Å². The van der Waals surface area contributed by atoms with Gasteiger partial charge in [0.05, 0.1) is 17.7 Å². The molecule has 1 aliphatic rings. The van der Waals surface area contributed by atoms with Crippen LogP contribution in [0.2, 0.25) is 0 Å². The molecule has 1 aliphatic heterocycles. The summed E-state index contributed by atoms with van der Waals surface area (Å²) < 4.78 is 44.5. The van der Waals surface area contributed by atoms with E-state index >= 15 is 0 Å². The van der Waals surface area contributed by atoms with Crippen LogP contribution in [0, 0.1) is 0 Å².